The molecule has 0 bridgehead atoms. The van der Waals surface area contributed by atoms with E-state index in [0.29, 0.717) is 0 Å². The van der Waals surface area contributed by atoms with Gasteiger partial charge < -0.3 is 4.90 Å². The van der Waals surface area contributed by atoms with Crippen molar-refractivity contribution in [1.29, 1.82) is 0 Å². The summed E-state index contributed by atoms with van der Waals surface area (Å²) in [6, 6.07) is 41.3. The maximum atomic E-state index is 3.59. The third-order valence-electron chi connectivity index (χ3n) is 6.02. The Morgan fingerprint density at radius 2 is 1.25 bits per heavy atom. The smallest absolute Gasteiger partial charge is 0.0914 e. The Morgan fingerprint density at radius 3 is 1.81 bits per heavy atom. The molecule has 1 fully saturated rings. The summed E-state index contributed by atoms with van der Waals surface area (Å²) in [6.45, 7) is 0. The summed E-state index contributed by atoms with van der Waals surface area (Å²) in [5, 5.41) is 0. The second-order valence-electron chi connectivity index (χ2n) is 7.90. The molecule has 1 nitrogen and oxygen atoms in total. The first-order valence-electron chi connectivity index (χ1n) is 10.8. The number of rotatable bonds is 5. The Hall–Kier alpha value is -2.75. The standard InChI is InChI=1S/C29H24BrNS/c30-26-17-19-27(20-18-26)31-22-32-29(24-12-6-2-7-13-24,25-14-8-3-9-15-25)28(31)21-16-23-10-4-1-5-11-23/h1-21,28H,22H2/b21-16+. The largest absolute Gasteiger partial charge is 0.354 e. The average molecular weight is 498 g/mol. The van der Waals surface area contributed by atoms with Crippen LogP contribution in [0.5, 0.6) is 0 Å². The van der Waals surface area contributed by atoms with E-state index in [1.54, 1.807) is 0 Å². The molecule has 0 spiro atoms. The van der Waals surface area contributed by atoms with Gasteiger partial charge in [0.05, 0.1) is 16.7 Å². The van der Waals surface area contributed by atoms with Gasteiger partial charge in [-0.05, 0) is 41.0 Å². The fourth-order valence-electron chi connectivity index (χ4n) is 4.48. The van der Waals surface area contributed by atoms with Crippen molar-refractivity contribution in [3.63, 3.8) is 0 Å². The fourth-order valence-corrected chi connectivity index (χ4v) is 6.38. The van der Waals surface area contributed by atoms with E-state index in [2.05, 4.69) is 148 Å². The van der Waals surface area contributed by atoms with Crippen molar-refractivity contribution < 1.29 is 0 Å². The maximum Gasteiger partial charge on any atom is 0.0914 e. The Bertz CT molecular complexity index is 1130. The van der Waals surface area contributed by atoms with Crippen LogP contribution in [0.25, 0.3) is 6.08 Å². The zero-order chi connectivity index (χ0) is 21.8. The highest BCUT2D eigenvalue weighted by Crippen LogP contribution is 2.54. The van der Waals surface area contributed by atoms with Gasteiger partial charge in [-0.1, -0.05) is 119 Å². The van der Waals surface area contributed by atoms with Crippen LogP contribution in [-0.4, -0.2) is 11.9 Å². The van der Waals surface area contributed by atoms with E-state index in [0.717, 1.165) is 10.3 Å². The number of hydrogen-bond donors (Lipinski definition) is 0. The van der Waals surface area contributed by atoms with Crippen LogP contribution in [0.15, 0.2) is 126 Å². The van der Waals surface area contributed by atoms with Gasteiger partial charge in [0, 0.05) is 10.2 Å². The lowest BCUT2D eigenvalue weighted by atomic mass is 9.82. The molecule has 1 aliphatic heterocycles. The predicted molar refractivity (Wildman–Crippen MR) is 142 cm³/mol. The van der Waals surface area contributed by atoms with Crippen molar-refractivity contribution in [3.8, 4) is 0 Å². The number of hydrogen-bond acceptors (Lipinski definition) is 2. The lowest BCUT2D eigenvalue weighted by molar-refractivity contribution is 0.638. The molecular formula is C29H24BrNS. The van der Waals surface area contributed by atoms with Crippen LogP contribution < -0.4 is 4.90 Å². The molecule has 32 heavy (non-hydrogen) atoms. The van der Waals surface area contributed by atoms with Crippen molar-refractivity contribution >= 4 is 39.5 Å². The number of benzene rings is 4. The molecule has 1 unspecified atom stereocenters. The van der Waals surface area contributed by atoms with E-state index in [1.807, 2.05) is 11.8 Å². The number of halogens is 1. The van der Waals surface area contributed by atoms with Gasteiger partial charge in [-0.2, -0.15) is 0 Å². The van der Waals surface area contributed by atoms with Gasteiger partial charge in [0.2, 0.25) is 0 Å². The van der Waals surface area contributed by atoms with Gasteiger partial charge >= 0.3 is 0 Å². The molecular weight excluding hydrogens is 474 g/mol. The van der Waals surface area contributed by atoms with E-state index in [4.69, 9.17) is 0 Å². The lowest BCUT2D eigenvalue weighted by Gasteiger charge is -2.37. The van der Waals surface area contributed by atoms with Crippen molar-refractivity contribution in [2.45, 2.75) is 10.8 Å². The second-order valence-corrected chi connectivity index (χ2v) is 10.0. The summed E-state index contributed by atoms with van der Waals surface area (Å²) < 4.78 is 0.891. The molecule has 3 heteroatoms. The van der Waals surface area contributed by atoms with Crippen LogP contribution in [0.1, 0.15) is 16.7 Å². The first kappa shape index (κ1) is 21.1. The predicted octanol–water partition coefficient (Wildman–Crippen LogP) is 7.99. The molecule has 0 aliphatic carbocycles. The molecule has 0 amide bonds. The second kappa shape index (κ2) is 9.40. The van der Waals surface area contributed by atoms with Gasteiger partial charge in [-0.25, -0.2) is 0 Å². The Labute approximate surface area is 202 Å². The highest BCUT2D eigenvalue weighted by molar-refractivity contribution is 9.10. The minimum Gasteiger partial charge on any atom is -0.354 e. The third kappa shape index (κ3) is 4.03. The monoisotopic (exact) mass is 497 g/mol. The van der Waals surface area contributed by atoms with Crippen LogP contribution in [0.4, 0.5) is 5.69 Å². The van der Waals surface area contributed by atoms with Crippen molar-refractivity contribution in [2.75, 3.05) is 10.8 Å². The van der Waals surface area contributed by atoms with Crippen LogP contribution >= 0.6 is 27.7 Å². The third-order valence-corrected chi connectivity index (χ3v) is 8.12. The van der Waals surface area contributed by atoms with E-state index in [9.17, 15) is 0 Å². The summed E-state index contributed by atoms with van der Waals surface area (Å²) in [5.74, 6) is 0.912. The van der Waals surface area contributed by atoms with Crippen LogP contribution in [0, 0.1) is 0 Å². The van der Waals surface area contributed by atoms with Crippen LogP contribution in [0.2, 0.25) is 0 Å². The quantitative estimate of drug-likeness (QED) is 0.274. The summed E-state index contributed by atoms with van der Waals surface area (Å²) in [6.07, 6.45) is 4.65. The average Bonchev–Trinajstić information content (AvgIpc) is 3.25. The van der Waals surface area contributed by atoms with Crippen molar-refractivity contribution in [1.82, 2.24) is 0 Å². The zero-order valence-corrected chi connectivity index (χ0v) is 20.0. The minimum absolute atomic E-state index is 0.152. The van der Waals surface area contributed by atoms with E-state index < -0.39 is 0 Å². The van der Waals surface area contributed by atoms with Gasteiger partial charge in [-0.15, -0.1) is 11.8 Å². The molecule has 158 valence electrons. The molecule has 0 radical (unpaired) electrons. The first-order chi connectivity index (χ1) is 15.8. The van der Waals surface area contributed by atoms with E-state index >= 15 is 0 Å². The highest BCUT2D eigenvalue weighted by Gasteiger charge is 2.49. The molecule has 0 saturated carbocycles. The van der Waals surface area contributed by atoms with E-state index in [1.165, 1.54) is 22.4 Å². The molecule has 1 atom stereocenters. The molecule has 1 heterocycles. The van der Waals surface area contributed by atoms with Crippen LogP contribution in [0.3, 0.4) is 0 Å². The maximum absolute atomic E-state index is 3.59. The van der Waals surface area contributed by atoms with Gasteiger partial charge in [0.1, 0.15) is 0 Å². The van der Waals surface area contributed by atoms with Gasteiger partial charge in [0.15, 0.2) is 0 Å². The topological polar surface area (TPSA) is 3.24 Å². The number of thioether (sulfide) groups is 1. The molecule has 4 aromatic rings. The van der Waals surface area contributed by atoms with Crippen molar-refractivity contribution in [3.05, 3.63) is 143 Å². The Balaban J connectivity index is 1.68. The first-order valence-corrected chi connectivity index (χ1v) is 12.6. The number of anilines is 1. The van der Waals surface area contributed by atoms with E-state index in [-0.39, 0.29) is 10.8 Å². The van der Waals surface area contributed by atoms with Crippen LogP contribution in [-0.2, 0) is 4.75 Å². The summed E-state index contributed by atoms with van der Waals surface area (Å²) >= 11 is 5.60. The summed E-state index contributed by atoms with van der Waals surface area (Å²) in [7, 11) is 0. The molecule has 1 saturated heterocycles. The molecule has 0 aromatic heterocycles. The zero-order valence-electron chi connectivity index (χ0n) is 17.6. The fraction of sp³-hybridized carbons (Fsp3) is 0.103. The highest BCUT2D eigenvalue weighted by atomic mass is 79.9. The number of nitrogens with zero attached hydrogens (tertiary/aromatic N) is 1. The molecule has 5 rings (SSSR count). The molecule has 1 aliphatic rings. The lowest BCUT2D eigenvalue weighted by Crippen LogP contribution is -2.41. The Kier molecular flexibility index (Phi) is 6.20. The SMILES string of the molecule is Brc1ccc(N2CSC(c3ccccc3)(c3ccccc3)C2/C=C/c2ccccc2)cc1. The van der Waals surface area contributed by atoms with Gasteiger partial charge in [-0.3, -0.25) is 0 Å². The minimum atomic E-state index is -0.207. The van der Waals surface area contributed by atoms with Gasteiger partial charge in [0.25, 0.3) is 0 Å². The van der Waals surface area contributed by atoms with Crippen molar-refractivity contribution in [2.24, 2.45) is 0 Å². The molecule has 0 N–H and O–H groups in total. The summed E-state index contributed by atoms with van der Waals surface area (Å²) in [5.41, 5.74) is 5.12. The molecule has 4 aromatic carbocycles. The summed E-state index contributed by atoms with van der Waals surface area (Å²) in [4.78, 5) is 2.52. The Morgan fingerprint density at radius 1 is 0.719 bits per heavy atom. The normalized spacial score (nSPS) is 17.7.